The van der Waals surface area contributed by atoms with E-state index in [4.69, 9.17) is 15.6 Å². The van der Waals surface area contributed by atoms with Crippen LogP contribution in [0.3, 0.4) is 0 Å². The molecule has 140 valence electrons. The average Bonchev–Trinajstić information content (AvgIpc) is 2.63. The Morgan fingerprint density at radius 3 is 2.33 bits per heavy atom. The summed E-state index contributed by atoms with van der Waals surface area (Å²) in [6, 6.07) is 16.7. The number of anilines is 1. The van der Waals surface area contributed by atoms with E-state index in [0.717, 1.165) is 33.6 Å². The molecule has 2 N–H and O–H groups in total. The first-order valence-electron chi connectivity index (χ1n) is 9.12. The summed E-state index contributed by atoms with van der Waals surface area (Å²) in [6.45, 7) is 8.65. The van der Waals surface area contributed by atoms with Crippen LogP contribution >= 0.6 is 0 Å². The Morgan fingerprint density at radius 1 is 0.963 bits per heavy atom. The second-order valence-electron chi connectivity index (χ2n) is 7.08. The van der Waals surface area contributed by atoms with Crippen molar-refractivity contribution in [2.75, 3.05) is 12.1 Å². The Hall–Kier alpha value is -2.85. The fourth-order valence-corrected chi connectivity index (χ4v) is 3.20. The Labute approximate surface area is 161 Å². The zero-order valence-corrected chi connectivity index (χ0v) is 16.7. The third-order valence-corrected chi connectivity index (χ3v) is 4.84. The zero-order valence-electron chi connectivity index (χ0n) is 16.7. The first kappa shape index (κ1) is 18.9. The van der Waals surface area contributed by atoms with Crippen molar-refractivity contribution in [1.29, 1.82) is 0 Å². The molecular weight excluding hydrogens is 334 g/mol. The van der Waals surface area contributed by atoms with Crippen LogP contribution < -0.4 is 15.6 Å². The molecule has 27 heavy (non-hydrogen) atoms. The van der Waals surface area contributed by atoms with Gasteiger partial charge in [0.2, 0.25) is 5.88 Å². The van der Waals surface area contributed by atoms with E-state index >= 15 is 0 Å². The van der Waals surface area contributed by atoms with Crippen LogP contribution in [0.15, 0.2) is 48.5 Å². The van der Waals surface area contributed by atoms with E-state index in [2.05, 4.69) is 50.2 Å². The van der Waals surface area contributed by atoms with Crippen molar-refractivity contribution in [2.24, 2.45) is 5.84 Å². The van der Waals surface area contributed by atoms with E-state index in [1.165, 1.54) is 11.1 Å². The molecule has 0 aliphatic rings. The highest BCUT2D eigenvalue weighted by Gasteiger charge is 2.12. The van der Waals surface area contributed by atoms with E-state index in [9.17, 15) is 0 Å². The number of pyridine rings is 1. The molecule has 0 bridgehead atoms. The molecule has 0 aliphatic heterocycles. The minimum Gasteiger partial charge on any atom is -0.473 e. The Bertz CT molecular complexity index is 947. The monoisotopic (exact) mass is 361 g/mol. The number of benzene rings is 2. The highest BCUT2D eigenvalue weighted by molar-refractivity contribution is 5.67. The quantitative estimate of drug-likeness (QED) is 0.520. The molecule has 0 radical (unpaired) electrons. The molecule has 0 saturated heterocycles. The number of hydrogen-bond acceptors (Lipinski definition) is 4. The Kier molecular flexibility index (Phi) is 5.47. The molecule has 0 spiro atoms. The lowest BCUT2D eigenvalue weighted by Gasteiger charge is -2.20. The van der Waals surface area contributed by atoms with E-state index in [0.29, 0.717) is 12.5 Å². The molecule has 0 aliphatic carbocycles. The van der Waals surface area contributed by atoms with Gasteiger partial charge in [-0.05, 0) is 51.0 Å². The fraction of sp³-hybridized carbons (Fsp3) is 0.261. The van der Waals surface area contributed by atoms with E-state index in [1.54, 1.807) is 5.01 Å². The van der Waals surface area contributed by atoms with Crippen molar-refractivity contribution in [3.8, 4) is 17.0 Å². The molecule has 1 heterocycles. The topological polar surface area (TPSA) is 51.4 Å². The van der Waals surface area contributed by atoms with Crippen LogP contribution in [-0.4, -0.2) is 12.0 Å². The molecule has 0 fully saturated rings. The number of hydrogen-bond donors (Lipinski definition) is 1. The van der Waals surface area contributed by atoms with Gasteiger partial charge in [0.15, 0.2) is 0 Å². The second kappa shape index (κ2) is 7.80. The van der Waals surface area contributed by atoms with Gasteiger partial charge >= 0.3 is 0 Å². The first-order chi connectivity index (χ1) is 12.9. The summed E-state index contributed by atoms with van der Waals surface area (Å²) in [7, 11) is 1.84. The van der Waals surface area contributed by atoms with Gasteiger partial charge in [-0.1, -0.05) is 42.0 Å². The van der Waals surface area contributed by atoms with Gasteiger partial charge in [0.1, 0.15) is 6.61 Å². The average molecular weight is 361 g/mol. The van der Waals surface area contributed by atoms with Crippen LogP contribution in [0, 0.1) is 27.7 Å². The highest BCUT2D eigenvalue weighted by atomic mass is 16.5. The summed E-state index contributed by atoms with van der Waals surface area (Å²) >= 11 is 0. The van der Waals surface area contributed by atoms with Gasteiger partial charge < -0.3 is 9.75 Å². The van der Waals surface area contributed by atoms with Crippen molar-refractivity contribution >= 4 is 5.69 Å². The number of aromatic nitrogens is 1. The first-order valence-corrected chi connectivity index (χ1v) is 9.12. The molecule has 3 rings (SSSR count). The van der Waals surface area contributed by atoms with E-state index in [-0.39, 0.29) is 0 Å². The van der Waals surface area contributed by atoms with Crippen molar-refractivity contribution in [2.45, 2.75) is 34.3 Å². The SMILES string of the molecule is Cc1ccc(-c2cc(C)c(OCc3c(C)cccc3N(C)N)nc2C)cc1. The van der Waals surface area contributed by atoms with Gasteiger partial charge in [-0.2, -0.15) is 0 Å². The third-order valence-electron chi connectivity index (χ3n) is 4.84. The minimum absolute atomic E-state index is 0.431. The van der Waals surface area contributed by atoms with Gasteiger partial charge in [0, 0.05) is 29.4 Å². The molecule has 4 nitrogen and oxygen atoms in total. The van der Waals surface area contributed by atoms with Crippen molar-refractivity contribution < 1.29 is 4.74 Å². The van der Waals surface area contributed by atoms with Gasteiger partial charge in [-0.25, -0.2) is 10.8 Å². The predicted molar refractivity (Wildman–Crippen MR) is 112 cm³/mol. The standard InChI is InChI=1S/C23H27N3O/c1-15-9-11-19(12-10-15)20-13-17(3)23(25-18(20)4)27-14-21-16(2)7-6-8-22(21)26(5)24/h6-13H,14,24H2,1-5H3. The zero-order chi connectivity index (χ0) is 19.6. The molecule has 4 heteroatoms. The summed E-state index contributed by atoms with van der Waals surface area (Å²) in [5, 5.41) is 1.62. The number of ether oxygens (including phenoxy) is 1. The number of hydrazine groups is 1. The molecule has 0 unspecified atom stereocenters. The number of aryl methyl sites for hydroxylation is 4. The van der Waals surface area contributed by atoms with Crippen LogP contribution in [0.1, 0.15) is 27.9 Å². The molecule has 2 aromatic carbocycles. The fourth-order valence-electron chi connectivity index (χ4n) is 3.20. The summed E-state index contributed by atoms with van der Waals surface area (Å²) in [5.74, 6) is 6.63. The predicted octanol–water partition coefficient (Wildman–Crippen LogP) is 4.87. The van der Waals surface area contributed by atoms with Crippen molar-refractivity contribution in [1.82, 2.24) is 4.98 Å². The third kappa shape index (κ3) is 4.12. The summed E-state index contributed by atoms with van der Waals surface area (Å²) in [6.07, 6.45) is 0. The second-order valence-corrected chi connectivity index (χ2v) is 7.08. The molecule has 0 saturated carbocycles. The number of rotatable bonds is 5. The van der Waals surface area contributed by atoms with Gasteiger partial charge in [-0.15, -0.1) is 0 Å². The van der Waals surface area contributed by atoms with Crippen LogP contribution in [0.5, 0.6) is 5.88 Å². The molecule has 0 amide bonds. The maximum Gasteiger partial charge on any atom is 0.216 e. The Balaban J connectivity index is 1.87. The number of nitrogens with two attached hydrogens (primary N) is 1. The van der Waals surface area contributed by atoms with Crippen molar-refractivity contribution in [3.63, 3.8) is 0 Å². The molecule has 1 aromatic heterocycles. The molecule has 3 aromatic rings. The number of nitrogens with zero attached hydrogens (tertiary/aromatic N) is 2. The largest absolute Gasteiger partial charge is 0.473 e. The lowest BCUT2D eigenvalue weighted by Crippen LogP contribution is -2.26. The summed E-state index contributed by atoms with van der Waals surface area (Å²) in [5.41, 5.74) is 8.72. The smallest absolute Gasteiger partial charge is 0.216 e. The Morgan fingerprint density at radius 2 is 1.67 bits per heavy atom. The highest BCUT2D eigenvalue weighted by Crippen LogP contribution is 2.29. The summed E-state index contributed by atoms with van der Waals surface area (Å²) < 4.78 is 6.09. The van der Waals surface area contributed by atoms with Crippen LogP contribution in [0.25, 0.3) is 11.1 Å². The lowest BCUT2D eigenvalue weighted by atomic mass is 10.0. The maximum absolute atomic E-state index is 6.09. The molecule has 0 atom stereocenters. The maximum atomic E-state index is 6.09. The lowest BCUT2D eigenvalue weighted by molar-refractivity contribution is 0.290. The van der Waals surface area contributed by atoms with Gasteiger partial charge in [0.25, 0.3) is 0 Å². The normalized spacial score (nSPS) is 10.7. The van der Waals surface area contributed by atoms with Gasteiger partial charge in [-0.3, -0.25) is 0 Å². The van der Waals surface area contributed by atoms with Crippen LogP contribution in [-0.2, 0) is 6.61 Å². The van der Waals surface area contributed by atoms with Crippen molar-refractivity contribution in [3.05, 3.63) is 76.5 Å². The van der Waals surface area contributed by atoms with Crippen LogP contribution in [0.4, 0.5) is 5.69 Å². The van der Waals surface area contributed by atoms with Crippen LogP contribution in [0.2, 0.25) is 0 Å². The van der Waals surface area contributed by atoms with Gasteiger partial charge in [0.05, 0.1) is 5.69 Å². The summed E-state index contributed by atoms with van der Waals surface area (Å²) in [4.78, 5) is 4.72. The van der Waals surface area contributed by atoms with E-state index in [1.807, 2.05) is 33.0 Å². The minimum atomic E-state index is 0.431. The molecular formula is C23H27N3O. The van der Waals surface area contributed by atoms with E-state index < -0.39 is 0 Å².